The fourth-order valence-corrected chi connectivity index (χ4v) is 3.96. The minimum absolute atomic E-state index is 0.0571. The molecule has 1 aliphatic carbocycles. The second kappa shape index (κ2) is 13.1. The Balaban J connectivity index is 3.81. The van der Waals surface area contributed by atoms with Crippen LogP contribution in [0.5, 0.6) is 0 Å². The Bertz CT molecular complexity index is 973. The maximum Gasteiger partial charge on any atom is 0.169 e. The molecule has 0 heterocycles. The molecule has 40 heavy (non-hydrogen) atoms. The third kappa shape index (κ3) is 6.54. The zero-order valence-corrected chi connectivity index (χ0v) is 24.7. The van der Waals surface area contributed by atoms with Crippen molar-refractivity contribution in [2.75, 3.05) is 0 Å². The second-order valence-electron chi connectivity index (χ2n) is 11.0. The molecule has 0 radical (unpaired) electrons. The van der Waals surface area contributed by atoms with Crippen molar-refractivity contribution in [3.8, 4) is 0 Å². The Labute approximate surface area is 236 Å². The van der Waals surface area contributed by atoms with E-state index in [1.165, 1.54) is 27.7 Å². The molecule has 0 saturated carbocycles. The molecule has 0 aromatic heterocycles. The highest BCUT2D eigenvalue weighted by molar-refractivity contribution is 6.23. The number of hydrogen-bond acceptors (Lipinski definition) is 8. The van der Waals surface area contributed by atoms with Gasteiger partial charge in [-0.3, -0.25) is 38.4 Å². The molecule has 0 N–H and O–H groups in total. The molecule has 0 aliphatic heterocycles. The van der Waals surface area contributed by atoms with Gasteiger partial charge in [0.05, 0.1) is 21.7 Å². The molecular formula is C32H40O8. The number of hydrogen-bond donors (Lipinski definition) is 0. The Morgan fingerprint density at radius 2 is 0.425 bits per heavy atom. The van der Waals surface area contributed by atoms with Crippen molar-refractivity contribution >= 4 is 46.3 Å². The first-order valence-electron chi connectivity index (χ1n) is 13.5. The topological polar surface area (TPSA) is 137 Å². The van der Waals surface area contributed by atoms with Gasteiger partial charge in [0.15, 0.2) is 46.3 Å². The van der Waals surface area contributed by atoms with Crippen molar-refractivity contribution < 1.29 is 38.4 Å². The molecule has 0 saturated heterocycles. The highest BCUT2D eigenvalue weighted by Crippen LogP contribution is 2.31. The molecule has 0 amide bonds. The van der Waals surface area contributed by atoms with E-state index >= 15 is 0 Å². The Morgan fingerprint density at radius 3 is 0.500 bits per heavy atom. The molecule has 216 valence electrons. The lowest BCUT2D eigenvalue weighted by molar-refractivity contribution is -0.137. The van der Waals surface area contributed by atoms with Crippen LogP contribution in [0.4, 0.5) is 0 Å². The van der Waals surface area contributed by atoms with E-state index in [9.17, 15) is 38.4 Å². The highest BCUT2D eigenvalue weighted by atomic mass is 16.2. The third-order valence-electron chi connectivity index (χ3n) is 8.72. The fraction of sp³-hybridized carbons (Fsp3) is 0.500. The van der Waals surface area contributed by atoms with Crippen molar-refractivity contribution in [1.29, 1.82) is 0 Å². The van der Waals surface area contributed by atoms with Crippen LogP contribution in [-0.2, 0) is 38.4 Å². The van der Waals surface area contributed by atoms with Gasteiger partial charge in [-0.05, 0) is 102 Å². The van der Waals surface area contributed by atoms with Crippen LogP contribution in [0.3, 0.4) is 0 Å². The van der Waals surface area contributed by atoms with E-state index < -0.39 is 67.9 Å². The van der Waals surface area contributed by atoms with Gasteiger partial charge < -0.3 is 0 Å². The first kappa shape index (κ1) is 34.3. The predicted molar refractivity (Wildman–Crippen MR) is 150 cm³/mol. The largest absolute Gasteiger partial charge is 0.294 e. The summed E-state index contributed by atoms with van der Waals surface area (Å²) in [6.07, 6.45) is 7.82. The molecule has 0 atom stereocenters. The van der Waals surface area contributed by atoms with Crippen molar-refractivity contribution in [1.82, 2.24) is 0 Å². The summed E-state index contributed by atoms with van der Waals surface area (Å²) in [5, 5.41) is 0. The number of ketones is 8. The van der Waals surface area contributed by atoms with Gasteiger partial charge in [0.2, 0.25) is 0 Å². The van der Waals surface area contributed by atoms with E-state index in [1.54, 1.807) is 27.7 Å². The smallest absolute Gasteiger partial charge is 0.169 e. The molecule has 8 heteroatoms. The van der Waals surface area contributed by atoms with Crippen LogP contribution in [0.25, 0.3) is 0 Å². The van der Waals surface area contributed by atoms with Gasteiger partial charge in [-0.15, -0.1) is 0 Å². The highest BCUT2D eigenvalue weighted by Gasteiger charge is 2.41. The van der Waals surface area contributed by atoms with Crippen LogP contribution in [0.15, 0.2) is 48.6 Å². The summed E-state index contributed by atoms with van der Waals surface area (Å²) in [5.74, 6) is -5.51. The summed E-state index contributed by atoms with van der Waals surface area (Å²) >= 11 is 0. The number of carbonyl (C=O) groups excluding carboxylic acids is 8. The van der Waals surface area contributed by atoms with Crippen LogP contribution in [0.1, 0.15) is 81.1 Å². The van der Waals surface area contributed by atoms with Gasteiger partial charge in [0.25, 0.3) is 0 Å². The maximum atomic E-state index is 13.1. The summed E-state index contributed by atoms with van der Waals surface area (Å²) in [5.41, 5.74) is -6.40. The lowest BCUT2D eigenvalue weighted by Gasteiger charge is -2.25. The average molecular weight is 553 g/mol. The van der Waals surface area contributed by atoms with Crippen LogP contribution in [-0.4, -0.2) is 46.3 Å². The van der Waals surface area contributed by atoms with E-state index in [0.717, 1.165) is 48.6 Å². The minimum Gasteiger partial charge on any atom is -0.294 e. The zero-order chi connectivity index (χ0) is 31.1. The normalized spacial score (nSPS) is 35.0. The lowest BCUT2D eigenvalue weighted by atomic mass is 9.74. The zero-order valence-electron chi connectivity index (χ0n) is 24.7. The van der Waals surface area contributed by atoms with E-state index in [4.69, 9.17) is 0 Å². The molecule has 1 aliphatic rings. The van der Waals surface area contributed by atoms with E-state index in [0.29, 0.717) is 0 Å². The van der Waals surface area contributed by atoms with Gasteiger partial charge in [-0.1, -0.05) is 27.7 Å². The van der Waals surface area contributed by atoms with Gasteiger partial charge >= 0.3 is 0 Å². The number of allylic oxidation sites excluding steroid dienone is 8. The molecule has 0 aromatic rings. The monoisotopic (exact) mass is 552 g/mol. The average Bonchev–Trinajstić information content (AvgIpc) is 2.96. The Morgan fingerprint density at radius 1 is 0.325 bits per heavy atom. The molecule has 0 fully saturated rings. The van der Waals surface area contributed by atoms with Crippen molar-refractivity contribution in [3.05, 3.63) is 48.6 Å². The number of carbonyl (C=O) groups is 8. The summed E-state index contributed by atoms with van der Waals surface area (Å²) in [7, 11) is 0. The van der Waals surface area contributed by atoms with Gasteiger partial charge in [0, 0.05) is 0 Å². The quantitative estimate of drug-likeness (QED) is 0.467. The molecular weight excluding hydrogens is 512 g/mol. The van der Waals surface area contributed by atoms with Crippen LogP contribution >= 0.6 is 0 Å². The van der Waals surface area contributed by atoms with E-state index in [1.807, 2.05) is 0 Å². The summed E-state index contributed by atoms with van der Waals surface area (Å²) in [6, 6.07) is 0. The molecule has 0 spiro atoms. The molecule has 1 rings (SSSR count). The summed E-state index contributed by atoms with van der Waals surface area (Å²) < 4.78 is 0. The van der Waals surface area contributed by atoms with Crippen molar-refractivity contribution in [2.24, 2.45) is 21.7 Å². The standard InChI is InChI=1S/C32H40O8/c1-9-29(5)21(33)13-15-23(35)30(6,10-2)25(37)17-19-27(39)32(8,12-4)28(40)20-18-26(38)31(7,11-3)24(36)16-14-22(29)34/h13-20H,9-12H2,1-8H3/b15-13-,16-14-,19-17-,20-18-. The summed E-state index contributed by atoms with van der Waals surface area (Å²) in [4.78, 5) is 104. The third-order valence-corrected chi connectivity index (χ3v) is 8.72. The lowest BCUT2D eigenvalue weighted by Crippen LogP contribution is -2.38. The number of rotatable bonds is 4. The molecule has 0 unspecified atom stereocenters. The van der Waals surface area contributed by atoms with Crippen LogP contribution in [0, 0.1) is 21.7 Å². The second-order valence-corrected chi connectivity index (χ2v) is 11.0. The maximum absolute atomic E-state index is 13.1. The van der Waals surface area contributed by atoms with E-state index in [-0.39, 0.29) is 25.7 Å². The SMILES string of the molecule is CCC1(C)C(=O)/C=C\C(=O)C(C)(CC)C(=O)/C=C\C(=O)C(C)(CC)C(=O)/C=C\C(=O)C(C)(CC)C(=O)/C=C\C1=O. The first-order chi connectivity index (χ1) is 18.4. The van der Waals surface area contributed by atoms with Gasteiger partial charge in [0.1, 0.15) is 0 Å². The summed E-state index contributed by atoms with van der Waals surface area (Å²) in [6.45, 7) is 12.0. The molecule has 0 bridgehead atoms. The molecule has 8 nitrogen and oxygen atoms in total. The Hall–Kier alpha value is -3.68. The van der Waals surface area contributed by atoms with Crippen LogP contribution in [0.2, 0.25) is 0 Å². The van der Waals surface area contributed by atoms with Gasteiger partial charge in [-0.25, -0.2) is 0 Å². The van der Waals surface area contributed by atoms with E-state index in [2.05, 4.69) is 0 Å². The fourth-order valence-electron chi connectivity index (χ4n) is 3.96. The Kier molecular flexibility index (Phi) is 11.3. The minimum atomic E-state index is -1.60. The van der Waals surface area contributed by atoms with Crippen LogP contribution < -0.4 is 0 Å². The molecule has 0 aromatic carbocycles. The van der Waals surface area contributed by atoms with Crippen molar-refractivity contribution in [3.63, 3.8) is 0 Å². The van der Waals surface area contributed by atoms with Crippen molar-refractivity contribution in [2.45, 2.75) is 81.1 Å². The first-order valence-corrected chi connectivity index (χ1v) is 13.5. The predicted octanol–water partition coefficient (Wildman–Crippen LogP) is 4.44. The van der Waals surface area contributed by atoms with Gasteiger partial charge in [-0.2, -0.15) is 0 Å².